The lowest BCUT2D eigenvalue weighted by molar-refractivity contribution is -0.159. The van der Waals surface area contributed by atoms with Crippen LogP contribution in [-0.4, -0.2) is 63.7 Å². The van der Waals surface area contributed by atoms with Crippen LogP contribution in [0.1, 0.15) is 38.2 Å². The largest absolute Gasteiger partial charge is 0.481 e. The molecule has 1 aromatic carbocycles. The van der Waals surface area contributed by atoms with Crippen LogP contribution in [0.3, 0.4) is 0 Å². The summed E-state index contributed by atoms with van der Waals surface area (Å²) in [6.07, 6.45) is -0.162. The van der Waals surface area contributed by atoms with Crippen molar-refractivity contribution in [2.24, 2.45) is 0 Å². The van der Waals surface area contributed by atoms with E-state index < -0.39 is 48.3 Å². The molecule has 1 rings (SSSR count). The third-order valence-corrected chi connectivity index (χ3v) is 4.11. The predicted octanol–water partition coefficient (Wildman–Crippen LogP) is 0.412. The molecule has 0 radical (unpaired) electrons. The molecule has 0 saturated heterocycles. The van der Waals surface area contributed by atoms with E-state index in [0.29, 0.717) is 12.1 Å². The van der Waals surface area contributed by atoms with E-state index in [-0.39, 0.29) is 12.2 Å². The highest BCUT2D eigenvalue weighted by atomic mass is 16.5. The molecule has 2 amide bonds. The molecule has 0 bridgehead atoms. The van der Waals surface area contributed by atoms with Crippen LogP contribution in [0.15, 0.2) is 24.3 Å². The van der Waals surface area contributed by atoms with Gasteiger partial charge >= 0.3 is 17.9 Å². The van der Waals surface area contributed by atoms with Gasteiger partial charge in [0.25, 0.3) is 6.10 Å². The summed E-state index contributed by atoms with van der Waals surface area (Å²) in [5.41, 5.74) is 0.555. The third kappa shape index (κ3) is 9.61. The number of carbonyl (C=O) groups excluding carboxylic acids is 2. The van der Waals surface area contributed by atoms with Gasteiger partial charge in [-0.15, -0.1) is 0 Å². The number of ether oxygens (including phenoxy) is 1. The average molecular weight is 438 g/mol. The van der Waals surface area contributed by atoms with Crippen LogP contribution in [0.25, 0.3) is 0 Å². The van der Waals surface area contributed by atoms with E-state index in [9.17, 15) is 24.0 Å². The standard InChI is InChI=1S/C20H26N2O9/c1-2-3-4-9-21-18(26)14(22-15(23)11-16(24)25)10-12-5-7-13(8-6-12)31-17(19(27)28)20(29)30/h5-8,14,17H,2-4,9-11H2,1H3,(H,21,26)(H,22,23)(H,24,25)(H,27,28)(H,29,30). The summed E-state index contributed by atoms with van der Waals surface area (Å²) in [6, 6.07) is 4.62. The van der Waals surface area contributed by atoms with Crippen molar-refractivity contribution in [1.82, 2.24) is 10.6 Å². The van der Waals surface area contributed by atoms with E-state index in [1.54, 1.807) is 0 Å². The van der Waals surface area contributed by atoms with Crippen molar-refractivity contribution in [1.29, 1.82) is 0 Å². The summed E-state index contributed by atoms with van der Waals surface area (Å²) in [6.45, 7) is 2.43. The molecule has 5 N–H and O–H groups in total. The molecule has 170 valence electrons. The molecule has 1 aromatic rings. The highest BCUT2D eigenvalue weighted by Gasteiger charge is 2.28. The van der Waals surface area contributed by atoms with Crippen molar-refractivity contribution in [3.8, 4) is 5.75 Å². The first-order valence-electron chi connectivity index (χ1n) is 9.64. The topological polar surface area (TPSA) is 179 Å². The van der Waals surface area contributed by atoms with Crippen LogP contribution in [0.2, 0.25) is 0 Å². The van der Waals surface area contributed by atoms with Gasteiger partial charge in [0.2, 0.25) is 11.8 Å². The van der Waals surface area contributed by atoms with Gasteiger partial charge in [-0.25, -0.2) is 9.59 Å². The minimum absolute atomic E-state index is 0.00553. The number of unbranched alkanes of at least 4 members (excludes halogenated alkanes) is 2. The summed E-state index contributed by atoms with van der Waals surface area (Å²) < 4.78 is 4.92. The molecular formula is C20H26N2O9. The lowest BCUT2D eigenvalue weighted by Crippen LogP contribution is -2.48. The molecule has 11 heteroatoms. The quantitative estimate of drug-likeness (QED) is 0.203. The Bertz CT molecular complexity index is 778. The number of rotatable bonds is 14. The molecule has 1 atom stereocenters. The van der Waals surface area contributed by atoms with Gasteiger partial charge in [-0.05, 0) is 24.1 Å². The van der Waals surface area contributed by atoms with E-state index in [0.717, 1.165) is 19.3 Å². The minimum atomic E-state index is -2.07. The van der Waals surface area contributed by atoms with E-state index in [1.807, 2.05) is 6.92 Å². The molecule has 1 unspecified atom stereocenters. The van der Waals surface area contributed by atoms with Gasteiger partial charge in [-0.2, -0.15) is 0 Å². The molecular weight excluding hydrogens is 412 g/mol. The first-order valence-corrected chi connectivity index (χ1v) is 9.64. The fraction of sp³-hybridized carbons (Fsp3) is 0.450. The molecule has 0 heterocycles. The van der Waals surface area contributed by atoms with Gasteiger partial charge in [-0.1, -0.05) is 31.9 Å². The number of hydrogen-bond acceptors (Lipinski definition) is 6. The van der Waals surface area contributed by atoms with Crippen molar-refractivity contribution in [2.75, 3.05) is 6.54 Å². The summed E-state index contributed by atoms with van der Waals surface area (Å²) in [5.74, 6) is -5.92. The maximum Gasteiger partial charge on any atom is 0.356 e. The number of carboxylic acid groups (broad SMARTS) is 3. The van der Waals surface area contributed by atoms with Gasteiger partial charge in [0.15, 0.2) is 0 Å². The molecule has 0 fully saturated rings. The summed E-state index contributed by atoms with van der Waals surface area (Å²) >= 11 is 0. The van der Waals surface area contributed by atoms with Crippen LogP contribution >= 0.6 is 0 Å². The molecule has 0 aliphatic rings. The maximum absolute atomic E-state index is 12.5. The fourth-order valence-electron chi connectivity index (χ4n) is 2.58. The monoisotopic (exact) mass is 438 g/mol. The normalized spacial score (nSPS) is 11.4. The third-order valence-electron chi connectivity index (χ3n) is 4.11. The molecule has 0 spiro atoms. The lowest BCUT2D eigenvalue weighted by atomic mass is 10.0. The Hall–Kier alpha value is -3.63. The first-order chi connectivity index (χ1) is 14.6. The Morgan fingerprint density at radius 2 is 1.58 bits per heavy atom. The number of carboxylic acids is 3. The van der Waals surface area contributed by atoms with Crippen LogP contribution in [0, 0.1) is 0 Å². The molecule has 31 heavy (non-hydrogen) atoms. The summed E-state index contributed by atoms with van der Waals surface area (Å²) in [7, 11) is 0. The Morgan fingerprint density at radius 3 is 2.10 bits per heavy atom. The number of nitrogens with one attached hydrogen (secondary N) is 2. The van der Waals surface area contributed by atoms with E-state index in [1.165, 1.54) is 24.3 Å². The predicted molar refractivity (Wildman–Crippen MR) is 107 cm³/mol. The highest BCUT2D eigenvalue weighted by Crippen LogP contribution is 2.16. The van der Waals surface area contributed by atoms with Crippen LogP contribution in [-0.2, 0) is 30.4 Å². The van der Waals surface area contributed by atoms with Crippen molar-refractivity contribution >= 4 is 29.7 Å². The lowest BCUT2D eigenvalue weighted by Gasteiger charge is -2.19. The number of hydrogen-bond donors (Lipinski definition) is 5. The number of carbonyl (C=O) groups is 5. The minimum Gasteiger partial charge on any atom is -0.481 e. The molecule has 0 aromatic heterocycles. The summed E-state index contributed by atoms with van der Waals surface area (Å²) in [5, 5.41) is 31.6. The Labute approximate surface area is 178 Å². The second kappa shape index (κ2) is 12.8. The SMILES string of the molecule is CCCCCNC(=O)C(Cc1ccc(OC(C(=O)O)C(=O)O)cc1)NC(=O)CC(=O)O. The van der Waals surface area contributed by atoms with Crippen molar-refractivity contribution in [3.63, 3.8) is 0 Å². The highest BCUT2D eigenvalue weighted by molar-refractivity contribution is 5.96. The van der Waals surface area contributed by atoms with Crippen molar-refractivity contribution in [2.45, 2.75) is 51.2 Å². The van der Waals surface area contributed by atoms with Gasteiger partial charge in [0.05, 0.1) is 0 Å². The number of benzene rings is 1. The zero-order chi connectivity index (χ0) is 23.4. The van der Waals surface area contributed by atoms with Crippen molar-refractivity contribution in [3.05, 3.63) is 29.8 Å². The second-order valence-electron chi connectivity index (χ2n) is 6.71. The van der Waals surface area contributed by atoms with Crippen molar-refractivity contribution < 1.29 is 44.0 Å². The van der Waals surface area contributed by atoms with E-state index in [4.69, 9.17) is 20.1 Å². The molecule has 0 aliphatic carbocycles. The Balaban J connectivity index is 2.85. The average Bonchev–Trinajstić information content (AvgIpc) is 2.68. The van der Waals surface area contributed by atoms with Crippen LogP contribution < -0.4 is 15.4 Å². The van der Waals surface area contributed by atoms with E-state index >= 15 is 0 Å². The number of aliphatic carboxylic acids is 3. The van der Waals surface area contributed by atoms with Gasteiger partial charge in [0, 0.05) is 13.0 Å². The smallest absolute Gasteiger partial charge is 0.356 e. The molecule has 0 aliphatic heterocycles. The van der Waals surface area contributed by atoms with Gasteiger partial charge in [-0.3, -0.25) is 14.4 Å². The number of amides is 2. The Morgan fingerprint density at radius 1 is 0.968 bits per heavy atom. The summed E-state index contributed by atoms with van der Waals surface area (Å²) in [4.78, 5) is 56.8. The zero-order valence-electron chi connectivity index (χ0n) is 17.0. The van der Waals surface area contributed by atoms with Gasteiger partial charge < -0.3 is 30.7 Å². The van der Waals surface area contributed by atoms with E-state index in [2.05, 4.69) is 10.6 Å². The van der Waals surface area contributed by atoms with Crippen LogP contribution in [0.5, 0.6) is 5.75 Å². The van der Waals surface area contributed by atoms with Gasteiger partial charge in [0.1, 0.15) is 18.2 Å². The first kappa shape index (κ1) is 25.4. The second-order valence-corrected chi connectivity index (χ2v) is 6.71. The maximum atomic E-state index is 12.5. The molecule has 11 nitrogen and oxygen atoms in total. The Kier molecular flexibility index (Phi) is 10.5. The molecule has 0 saturated carbocycles. The van der Waals surface area contributed by atoms with Crippen LogP contribution in [0.4, 0.5) is 0 Å². The zero-order valence-corrected chi connectivity index (χ0v) is 17.0. The fourth-order valence-corrected chi connectivity index (χ4v) is 2.58.